The van der Waals surface area contributed by atoms with Crippen molar-refractivity contribution in [2.45, 2.75) is 24.3 Å². The van der Waals surface area contributed by atoms with Gasteiger partial charge < -0.3 is 5.11 Å². The molecule has 1 aliphatic heterocycles. The molecular weight excluding hydrogens is 437 g/mol. The third-order valence-electron chi connectivity index (χ3n) is 6.07. The average molecular weight is 460 g/mol. The maximum atomic E-state index is 14.3. The first-order valence-corrected chi connectivity index (χ1v) is 12.2. The molecule has 1 N–H and O–H groups in total. The van der Waals surface area contributed by atoms with Crippen molar-refractivity contribution in [3.05, 3.63) is 102 Å². The van der Waals surface area contributed by atoms with Gasteiger partial charge in [0.1, 0.15) is 11.6 Å². The molecule has 166 valence electrons. The van der Waals surface area contributed by atoms with E-state index in [0.717, 1.165) is 22.3 Å². The summed E-state index contributed by atoms with van der Waals surface area (Å²) in [5.74, 6) is -0.420. The highest BCUT2D eigenvalue weighted by molar-refractivity contribution is 7.92. The first kappa shape index (κ1) is 21.2. The standard InChI is InChI=1S/C27H22FNO3S/c1-2-26-25-17-20(28)9-14-23(25)24-16-19(18-6-4-3-5-7-18)8-15-27(24)29(26)33(31,32)22-12-10-21(30)11-13-22/h3-17,26,30H,2H2,1H3. The Bertz CT molecular complexity index is 1430. The molecule has 1 unspecified atom stereocenters. The van der Waals surface area contributed by atoms with E-state index in [0.29, 0.717) is 17.7 Å². The van der Waals surface area contributed by atoms with Crippen LogP contribution in [-0.4, -0.2) is 13.5 Å². The molecule has 0 aliphatic carbocycles. The van der Waals surface area contributed by atoms with Gasteiger partial charge >= 0.3 is 0 Å². The number of hydrogen-bond donors (Lipinski definition) is 1. The number of nitrogens with zero attached hydrogens (tertiary/aromatic N) is 1. The maximum absolute atomic E-state index is 14.3. The Labute approximate surface area is 192 Å². The van der Waals surface area contributed by atoms with Crippen molar-refractivity contribution < 1.29 is 17.9 Å². The molecule has 4 nitrogen and oxygen atoms in total. The summed E-state index contributed by atoms with van der Waals surface area (Å²) >= 11 is 0. The highest BCUT2D eigenvalue weighted by Gasteiger charge is 2.38. The average Bonchev–Trinajstić information content (AvgIpc) is 2.83. The fraction of sp³-hybridized carbons (Fsp3) is 0.111. The van der Waals surface area contributed by atoms with Crippen molar-refractivity contribution in [1.29, 1.82) is 0 Å². The van der Waals surface area contributed by atoms with E-state index in [9.17, 15) is 17.9 Å². The Morgan fingerprint density at radius 1 is 0.848 bits per heavy atom. The van der Waals surface area contributed by atoms with E-state index >= 15 is 0 Å². The SMILES string of the molecule is CCC1c2cc(F)ccc2-c2cc(-c3ccccc3)ccc2N1S(=O)(=O)c1ccc(O)cc1. The largest absolute Gasteiger partial charge is 0.508 e. The van der Waals surface area contributed by atoms with Gasteiger partial charge in [-0.25, -0.2) is 12.8 Å². The van der Waals surface area contributed by atoms with Crippen molar-refractivity contribution in [3.63, 3.8) is 0 Å². The number of halogens is 1. The zero-order chi connectivity index (χ0) is 23.2. The van der Waals surface area contributed by atoms with Crippen molar-refractivity contribution >= 4 is 15.7 Å². The third kappa shape index (κ3) is 3.56. The van der Waals surface area contributed by atoms with Crippen molar-refractivity contribution in [2.24, 2.45) is 0 Å². The zero-order valence-corrected chi connectivity index (χ0v) is 18.8. The summed E-state index contributed by atoms with van der Waals surface area (Å²) in [6, 6.07) is 25.0. The summed E-state index contributed by atoms with van der Waals surface area (Å²) in [7, 11) is -3.99. The van der Waals surface area contributed by atoms with Gasteiger partial charge in [0, 0.05) is 5.56 Å². The van der Waals surface area contributed by atoms with Crippen LogP contribution in [0.3, 0.4) is 0 Å². The first-order valence-electron chi connectivity index (χ1n) is 10.7. The highest BCUT2D eigenvalue weighted by atomic mass is 32.2. The smallest absolute Gasteiger partial charge is 0.264 e. The molecule has 33 heavy (non-hydrogen) atoms. The van der Waals surface area contributed by atoms with Crippen LogP contribution in [0.4, 0.5) is 10.1 Å². The van der Waals surface area contributed by atoms with Gasteiger partial charge in [0.25, 0.3) is 10.0 Å². The van der Waals surface area contributed by atoms with Crippen LogP contribution in [0.15, 0.2) is 95.9 Å². The van der Waals surface area contributed by atoms with Gasteiger partial charge in [-0.3, -0.25) is 4.31 Å². The molecule has 0 saturated heterocycles. The molecule has 5 rings (SSSR count). The van der Waals surface area contributed by atoms with E-state index in [1.165, 1.54) is 40.7 Å². The fourth-order valence-corrected chi connectivity index (χ4v) is 6.24. The number of benzene rings is 4. The third-order valence-corrected chi connectivity index (χ3v) is 7.90. The molecule has 0 spiro atoms. The Balaban J connectivity index is 1.77. The van der Waals surface area contributed by atoms with Gasteiger partial charge in [0.05, 0.1) is 16.6 Å². The number of rotatable bonds is 4. The van der Waals surface area contributed by atoms with Crippen LogP contribution >= 0.6 is 0 Å². The molecule has 6 heteroatoms. The van der Waals surface area contributed by atoms with Crippen molar-refractivity contribution in [2.75, 3.05) is 4.31 Å². The van der Waals surface area contributed by atoms with Gasteiger partial charge in [-0.15, -0.1) is 0 Å². The molecule has 0 amide bonds. The minimum atomic E-state index is -3.99. The van der Waals surface area contributed by atoms with Gasteiger partial charge in [-0.05, 0) is 77.2 Å². The lowest BCUT2D eigenvalue weighted by Crippen LogP contribution is -2.37. The minimum absolute atomic E-state index is 0.0139. The predicted molar refractivity (Wildman–Crippen MR) is 128 cm³/mol. The van der Waals surface area contributed by atoms with Crippen molar-refractivity contribution in [1.82, 2.24) is 0 Å². The van der Waals surface area contributed by atoms with E-state index in [1.54, 1.807) is 6.07 Å². The van der Waals surface area contributed by atoms with Crippen LogP contribution in [0.25, 0.3) is 22.3 Å². The molecule has 0 saturated carbocycles. The Kier molecular flexibility index (Phi) is 5.17. The Hall–Kier alpha value is -3.64. The second kappa shape index (κ2) is 8.05. The first-order chi connectivity index (χ1) is 15.9. The minimum Gasteiger partial charge on any atom is -0.508 e. The van der Waals surface area contributed by atoms with E-state index in [1.807, 2.05) is 55.5 Å². The van der Waals surface area contributed by atoms with Crippen LogP contribution in [0, 0.1) is 5.82 Å². The van der Waals surface area contributed by atoms with Gasteiger partial charge in [0.2, 0.25) is 0 Å². The van der Waals surface area contributed by atoms with Crippen LogP contribution in [-0.2, 0) is 10.0 Å². The zero-order valence-electron chi connectivity index (χ0n) is 17.9. The number of hydrogen-bond acceptors (Lipinski definition) is 3. The number of fused-ring (bicyclic) bond motifs is 3. The molecule has 0 aromatic heterocycles. The molecule has 1 heterocycles. The van der Waals surface area contributed by atoms with Gasteiger partial charge in [0.15, 0.2) is 0 Å². The predicted octanol–water partition coefficient (Wildman–Crippen LogP) is 6.53. The summed E-state index contributed by atoms with van der Waals surface area (Å²) in [6.45, 7) is 1.89. The lowest BCUT2D eigenvalue weighted by atomic mass is 9.87. The molecular formula is C27H22FNO3S. The summed E-state index contributed by atoms with van der Waals surface area (Å²) in [5, 5.41) is 9.64. The monoisotopic (exact) mass is 459 g/mol. The Morgan fingerprint density at radius 2 is 1.58 bits per heavy atom. The molecule has 0 radical (unpaired) electrons. The van der Waals surface area contributed by atoms with E-state index < -0.39 is 21.9 Å². The Morgan fingerprint density at radius 3 is 2.27 bits per heavy atom. The summed E-state index contributed by atoms with van der Waals surface area (Å²) < 4.78 is 43.4. The fourth-order valence-electron chi connectivity index (χ4n) is 4.52. The molecule has 4 aromatic rings. The quantitative estimate of drug-likeness (QED) is 0.378. The molecule has 1 aliphatic rings. The summed E-state index contributed by atoms with van der Waals surface area (Å²) in [5.41, 5.74) is 4.70. The molecule has 4 aromatic carbocycles. The number of sulfonamides is 1. The molecule has 0 fully saturated rings. The summed E-state index contributed by atoms with van der Waals surface area (Å²) in [6.07, 6.45) is 0.466. The van der Waals surface area contributed by atoms with Gasteiger partial charge in [-0.2, -0.15) is 0 Å². The molecule has 1 atom stereocenters. The van der Waals surface area contributed by atoms with E-state index in [-0.39, 0.29) is 10.6 Å². The van der Waals surface area contributed by atoms with Crippen LogP contribution < -0.4 is 4.31 Å². The number of anilines is 1. The topological polar surface area (TPSA) is 57.6 Å². The molecule has 0 bridgehead atoms. The van der Waals surface area contributed by atoms with Crippen LogP contribution in [0.1, 0.15) is 24.9 Å². The number of aromatic hydroxyl groups is 1. The number of phenols is 1. The van der Waals surface area contributed by atoms with Crippen LogP contribution in [0.2, 0.25) is 0 Å². The van der Waals surface area contributed by atoms with Gasteiger partial charge in [-0.1, -0.05) is 49.4 Å². The second-order valence-corrected chi connectivity index (χ2v) is 9.86. The van der Waals surface area contributed by atoms with E-state index in [4.69, 9.17) is 0 Å². The lowest BCUT2D eigenvalue weighted by Gasteiger charge is -2.39. The second-order valence-electron chi connectivity index (χ2n) is 8.05. The maximum Gasteiger partial charge on any atom is 0.264 e. The highest BCUT2D eigenvalue weighted by Crippen LogP contribution is 2.49. The normalized spacial score (nSPS) is 15.1. The number of phenolic OH excluding ortho intramolecular Hbond substituents is 1. The van der Waals surface area contributed by atoms with Crippen molar-refractivity contribution in [3.8, 4) is 28.0 Å². The van der Waals surface area contributed by atoms with E-state index in [2.05, 4.69) is 0 Å². The van der Waals surface area contributed by atoms with Crippen LogP contribution in [0.5, 0.6) is 5.75 Å². The lowest BCUT2D eigenvalue weighted by molar-refractivity contribution is 0.474. The summed E-state index contributed by atoms with van der Waals surface area (Å²) in [4.78, 5) is 0.0664.